The second-order valence-corrected chi connectivity index (χ2v) is 9.63. The molecule has 2 aliphatic carbocycles. The van der Waals surface area contributed by atoms with Crippen LogP contribution in [0.1, 0.15) is 151 Å². The molecule has 0 amide bonds. The zero-order chi connectivity index (χ0) is 20.2. The minimum Gasteiger partial charge on any atom is -0.0755 e. The van der Waals surface area contributed by atoms with Crippen LogP contribution < -0.4 is 0 Å². The summed E-state index contributed by atoms with van der Waals surface area (Å²) < 4.78 is 0. The molecule has 0 spiro atoms. The first kappa shape index (κ1) is 22.6. The molecule has 0 N–H and O–H groups in total. The van der Waals surface area contributed by atoms with E-state index in [1.54, 1.807) is 11.1 Å². The molecule has 1 radical (unpaired) electrons. The highest BCUT2D eigenvalue weighted by atomic mass is 14.4. The Morgan fingerprint density at radius 3 is 1.52 bits per heavy atom. The van der Waals surface area contributed by atoms with Crippen LogP contribution in [0.2, 0.25) is 0 Å². The smallest absolute Gasteiger partial charge is 0.0131 e. The maximum Gasteiger partial charge on any atom is 0.0131 e. The normalized spacial score (nSPS) is 16.2. The average Bonchev–Trinajstić information content (AvgIpc) is 3.18. The molecular formula is C29H45. The quantitative estimate of drug-likeness (QED) is 0.218. The first-order valence-electron chi connectivity index (χ1n) is 13.1. The fourth-order valence-corrected chi connectivity index (χ4v) is 5.11. The average molecular weight is 394 g/mol. The Balaban J connectivity index is 1.04. The number of hydrogen-bond acceptors (Lipinski definition) is 0. The summed E-state index contributed by atoms with van der Waals surface area (Å²) >= 11 is 0. The van der Waals surface area contributed by atoms with Crippen molar-refractivity contribution in [3.8, 4) is 0 Å². The Morgan fingerprint density at radius 1 is 0.552 bits per heavy atom. The maximum absolute atomic E-state index is 2.43. The zero-order valence-electron chi connectivity index (χ0n) is 19.2. The van der Waals surface area contributed by atoms with E-state index in [1.165, 1.54) is 127 Å². The van der Waals surface area contributed by atoms with Gasteiger partial charge in [-0.25, -0.2) is 0 Å². The van der Waals surface area contributed by atoms with Crippen molar-refractivity contribution in [2.75, 3.05) is 0 Å². The van der Waals surface area contributed by atoms with Crippen LogP contribution in [0, 0.1) is 6.42 Å². The van der Waals surface area contributed by atoms with Crippen LogP contribution in [0.5, 0.6) is 0 Å². The van der Waals surface area contributed by atoms with Gasteiger partial charge in [0, 0.05) is 12.3 Å². The van der Waals surface area contributed by atoms with Crippen molar-refractivity contribution in [1.29, 1.82) is 0 Å². The Kier molecular flexibility index (Phi) is 10.4. The molecule has 0 saturated carbocycles. The van der Waals surface area contributed by atoms with Crippen molar-refractivity contribution in [1.82, 2.24) is 0 Å². The molecule has 0 fully saturated rings. The lowest BCUT2D eigenvalue weighted by Crippen LogP contribution is -1.84. The molecule has 0 aliphatic heterocycles. The van der Waals surface area contributed by atoms with E-state index < -0.39 is 0 Å². The Hall–Kier alpha value is -1.04. The van der Waals surface area contributed by atoms with Gasteiger partial charge >= 0.3 is 0 Å². The van der Waals surface area contributed by atoms with Gasteiger partial charge in [0.05, 0.1) is 0 Å². The van der Waals surface area contributed by atoms with Crippen molar-refractivity contribution in [3.05, 3.63) is 46.9 Å². The second kappa shape index (κ2) is 13.3. The van der Waals surface area contributed by atoms with E-state index in [0.717, 1.165) is 5.92 Å². The van der Waals surface area contributed by atoms with Gasteiger partial charge < -0.3 is 0 Å². The fourth-order valence-electron chi connectivity index (χ4n) is 5.11. The first-order valence-corrected chi connectivity index (χ1v) is 13.1. The molecule has 1 aromatic rings. The van der Waals surface area contributed by atoms with E-state index in [-0.39, 0.29) is 0 Å². The van der Waals surface area contributed by atoms with Crippen LogP contribution in [0.3, 0.4) is 0 Å². The summed E-state index contributed by atoms with van der Waals surface area (Å²) in [5.74, 6) is 0.804. The third-order valence-corrected chi connectivity index (χ3v) is 7.10. The Labute approximate surface area is 181 Å². The van der Waals surface area contributed by atoms with Gasteiger partial charge in [-0.05, 0) is 28.7 Å². The number of hydrogen-bond donors (Lipinski definition) is 0. The number of allylic oxidation sites excluding steroid dienone is 1. The van der Waals surface area contributed by atoms with Gasteiger partial charge in [-0.1, -0.05) is 140 Å². The third-order valence-electron chi connectivity index (χ3n) is 7.10. The Morgan fingerprint density at radius 2 is 1.00 bits per heavy atom. The highest BCUT2D eigenvalue weighted by Gasteiger charge is 2.33. The maximum atomic E-state index is 2.43. The molecule has 3 rings (SSSR count). The Bertz CT molecular complexity index is 609. The summed E-state index contributed by atoms with van der Waals surface area (Å²) in [6.45, 7) is 2.30. The molecule has 1 aromatic carbocycles. The van der Waals surface area contributed by atoms with E-state index in [9.17, 15) is 0 Å². The number of fused-ring (bicyclic) bond motifs is 2. The first-order chi connectivity index (χ1) is 14.4. The van der Waals surface area contributed by atoms with Gasteiger partial charge in [0.15, 0.2) is 0 Å². The highest BCUT2D eigenvalue weighted by molar-refractivity contribution is 5.71. The van der Waals surface area contributed by atoms with Crippen LogP contribution in [0.15, 0.2) is 18.2 Å². The van der Waals surface area contributed by atoms with E-state index in [4.69, 9.17) is 0 Å². The van der Waals surface area contributed by atoms with Crippen LogP contribution >= 0.6 is 0 Å². The predicted molar refractivity (Wildman–Crippen MR) is 130 cm³/mol. The molecule has 0 bridgehead atoms. The molecule has 0 aromatic heterocycles. The summed E-state index contributed by atoms with van der Waals surface area (Å²) in [5, 5.41) is 0. The molecule has 1 atom stereocenters. The molecule has 161 valence electrons. The molecule has 29 heavy (non-hydrogen) atoms. The summed E-state index contributed by atoms with van der Waals surface area (Å²) in [5.41, 5.74) is 6.16. The van der Waals surface area contributed by atoms with E-state index in [0.29, 0.717) is 0 Å². The summed E-state index contributed by atoms with van der Waals surface area (Å²) in [6, 6.07) is 4.87. The van der Waals surface area contributed by atoms with E-state index >= 15 is 0 Å². The van der Waals surface area contributed by atoms with Crippen molar-refractivity contribution < 1.29 is 0 Å². The lowest BCUT2D eigenvalue weighted by atomic mass is 10.0. The van der Waals surface area contributed by atoms with Gasteiger partial charge in [0.2, 0.25) is 0 Å². The molecule has 0 nitrogen and oxygen atoms in total. The standard InChI is InChI=1S/C29H45/c1-2-3-4-5-6-7-8-9-10-11-12-13-14-15-16-17-18-22-27-28-23-25-20-19-21-26(25)24-29(27)28/h19-21,23-24,27H,2-18,22H2,1H3. The van der Waals surface area contributed by atoms with Gasteiger partial charge in [-0.2, -0.15) is 0 Å². The lowest BCUT2D eigenvalue weighted by molar-refractivity contribution is 0.524. The minimum atomic E-state index is 0.804. The third kappa shape index (κ3) is 7.95. The van der Waals surface area contributed by atoms with Gasteiger partial charge in [0.25, 0.3) is 0 Å². The summed E-state index contributed by atoms with van der Waals surface area (Å²) in [4.78, 5) is 0. The summed E-state index contributed by atoms with van der Waals surface area (Å²) in [7, 11) is 0. The van der Waals surface area contributed by atoms with Gasteiger partial charge in [-0.15, -0.1) is 0 Å². The van der Waals surface area contributed by atoms with Crippen LogP contribution in [0.4, 0.5) is 0 Å². The molecule has 2 aliphatic rings. The number of unbranched alkanes of at least 4 members (excludes halogenated alkanes) is 16. The van der Waals surface area contributed by atoms with Crippen molar-refractivity contribution >= 4 is 6.08 Å². The topological polar surface area (TPSA) is 0 Å². The lowest BCUT2D eigenvalue weighted by Gasteiger charge is -2.03. The minimum absolute atomic E-state index is 0.804. The van der Waals surface area contributed by atoms with Crippen LogP contribution in [-0.4, -0.2) is 0 Å². The van der Waals surface area contributed by atoms with E-state index in [1.807, 2.05) is 0 Å². The fraction of sp³-hybridized carbons (Fsp3) is 0.690. The van der Waals surface area contributed by atoms with Gasteiger partial charge in [-0.3, -0.25) is 0 Å². The number of benzene rings is 1. The van der Waals surface area contributed by atoms with Crippen molar-refractivity contribution in [3.63, 3.8) is 0 Å². The van der Waals surface area contributed by atoms with E-state index in [2.05, 4.69) is 37.6 Å². The molecule has 0 heterocycles. The molecule has 1 unspecified atom stereocenters. The summed E-state index contributed by atoms with van der Waals surface area (Å²) in [6.07, 6.45) is 32.9. The van der Waals surface area contributed by atoms with Crippen molar-refractivity contribution in [2.45, 2.75) is 128 Å². The SMILES string of the molecule is CCCCCCCCCCCCCCCCCCCC1c2cc3c(cc21)C=C[CH]3. The second-order valence-electron chi connectivity index (χ2n) is 9.63. The molecule has 0 heteroatoms. The number of rotatable bonds is 18. The zero-order valence-corrected chi connectivity index (χ0v) is 19.2. The molecular weight excluding hydrogens is 348 g/mol. The highest BCUT2D eigenvalue weighted by Crippen LogP contribution is 2.49. The largest absolute Gasteiger partial charge is 0.0755 e. The monoisotopic (exact) mass is 393 g/mol. The predicted octanol–water partition coefficient (Wildman–Crippen LogP) is 9.75. The van der Waals surface area contributed by atoms with Crippen molar-refractivity contribution in [2.24, 2.45) is 0 Å². The van der Waals surface area contributed by atoms with Gasteiger partial charge in [0.1, 0.15) is 0 Å². The molecule has 0 saturated heterocycles. The van der Waals surface area contributed by atoms with Crippen LogP contribution in [-0.2, 0) is 0 Å². The van der Waals surface area contributed by atoms with Crippen LogP contribution in [0.25, 0.3) is 6.08 Å².